The molecule has 3 atom stereocenters. The second-order valence-corrected chi connectivity index (χ2v) is 9.79. The molecule has 2 N–H and O–H groups in total. The number of carbonyl (C=O) groups is 3. The number of amides is 2. The predicted molar refractivity (Wildman–Crippen MR) is 132 cm³/mol. The van der Waals surface area contributed by atoms with E-state index in [9.17, 15) is 14.4 Å². The van der Waals surface area contributed by atoms with Gasteiger partial charge in [-0.15, -0.1) is 0 Å². The number of hydrogen-bond acceptors (Lipinski definition) is 5. The van der Waals surface area contributed by atoms with Crippen molar-refractivity contribution < 1.29 is 23.9 Å². The molecule has 1 heterocycles. The van der Waals surface area contributed by atoms with Gasteiger partial charge in [-0.05, 0) is 55.4 Å². The lowest BCUT2D eigenvalue weighted by molar-refractivity contribution is -0.135. The second-order valence-electron chi connectivity index (χ2n) is 9.79. The van der Waals surface area contributed by atoms with Crippen LogP contribution in [0.3, 0.4) is 0 Å². The number of ketones is 1. The Kier molecular flexibility index (Phi) is 7.86. The summed E-state index contributed by atoms with van der Waals surface area (Å²) in [6.45, 7) is 2.49. The van der Waals surface area contributed by atoms with Crippen molar-refractivity contribution >= 4 is 17.6 Å². The summed E-state index contributed by atoms with van der Waals surface area (Å²) in [6.07, 6.45) is 3.27. The first-order chi connectivity index (χ1) is 16.9. The summed E-state index contributed by atoms with van der Waals surface area (Å²) in [4.78, 5) is 39.7. The highest BCUT2D eigenvalue weighted by molar-refractivity contribution is 5.97. The van der Waals surface area contributed by atoms with Crippen molar-refractivity contribution in [3.05, 3.63) is 65.7 Å². The fourth-order valence-corrected chi connectivity index (χ4v) is 4.44. The van der Waals surface area contributed by atoms with Crippen molar-refractivity contribution in [2.24, 2.45) is 5.41 Å². The van der Waals surface area contributed by atoms with Crippen LogP contribution in [0.2, 0.25) is 0 Å². The van der Waals surface area contributed by atoms with Crippen LogP contribution in [-0.4, -0.2) is 49.5 Å². The highest BCUT2D eigenvalue weighted by Crippen LogP contribution is 2.46. The molecular formula is C28H34N2O5. The number of ether oxygens (including phenoxy) is 2. The normalized spacial score (nSPS) is 19.9. The number of methoxy groups -OCH3 is 1. The van der Waals surface area contributed by atoms with Gasteiger partial charge in [-0.1, -0.05) is 49.4 Å². The van der Waals surface area contributed by atoms with E-state index < -0.39 is 18.2 Å². The Morgan fingerprint density at radius 2 is 1.63 bits per heavy atom. The first kappa shape index (κ1) is 24.9. The summed E-state index contributed by atoms with van der Waals surface area (Å²) < 4.78 is 10.7. The summed E-state index contributed by atoms with van der Waals surface area (Å²) in [6, 6.07) is 15.6. The summed E-state index contributed by atoms with van der Waals surface area (Å²) in [5.41, 5.74) is 1.46. The number of Topliss-reactive ketones (excluding diaryl/α,β-unsaturated/α-hetero) is 1. The molecule has 4 rings (SSSR count). The molecule has 1 aliphatic carbocycles. The van der Waals surface area contributed by atoms with Gasteiger partial charge in [-0.25, -0.2) is 0 Å². The molecule has 2 amide bonds. The standard InChI is InChI=1S/C28H34N2O5/c1-28(14-15-28)25(31)22(17-19-7-4-3-5-8-19)29-26(32)23(30-27(33)24-9-6-16-35-24)18-20-10-12-21(34-2)13-11-20/h3-5,7-8,10-13,22-24H,6,9,14-18H2,1-2H3,(H,29,32)(H,30,33). The SMILES string of the molecule is COc1ccc(CC(NC(=O)C2CCCO2)C(=O)NC(Cc2ccccc2)C(=O)C2(C)CC2)cc1. The van der Waals surface area contributed by atoms with Gasteiger partial charge < -0.3 is 20.1 Å². The van der Waals surface area contributed by atoms with E-state index in [0.29, 0.717) is 25.2 Å². The Labute approximate surface area is 206 Å². The van der Waals surface area contributed by atoms with Crippen LogP contribution in [0, 0.1) is 5.41 Å². The van der Waals surface area contributed by atoms with E-state index in [4.69, 9.17) is 9.47 Å². The van der Waals surface area contributed by atoms with E-state index in [2.05, 4.69) is 10.6 Å². The fourth-order valence-electron chi connectivity index (χ4n) is 4.44. The minimum Gasteiger partial charge on any atom is -0.497 e. The average molecular weight is 479 g/mol. The van der Waals surface area contributed by atoms with Gasteiger partial charge in [0.2, 0.25) is 11.8 Å². The van der Waals surface area contributed by atoms with Crippen LogP contribution >= 0.6 is 0 Å². The molecule has 2 aliphatic rings. The van der Waals surface area contributed by atoms with E-state index in [0.717, 1.165) is 30.4 Å². The van der Waals surface area contributed by atoms with Crippen molar-refractivity contribution in [3.8, 4) is 5.75 Å². The number of hydrogen-bond donors (Lipinski definition) is 2. The summed E-state index contributed by atoms with van der Waals surface area (Å²) >= 11 is 0. The molecule has 0 bridgehead atoms. The lowest BCUT2D eigenvalue weighted by atomic mass is 9.92. The van der Waals surface area contributed by atoms with Crippen LogP contribution in [0.5, 0.6) is 5.75 Å². The number of rotatable bonds is 11. The van der Waals surface area contributed by atoms with Crippen LogP contribution in [0.25, 0.3) is 0 Å². The van der Waals surface area contributed by atoms with E-state index in [-0.39, 0.29) is 29.4 Å². The maximum absolute atomic E-state index is 13.5. The topological polar surface area (TPSA) is 93.7 Å². The Balaban J connectivity index is 1.52. The molecule has 2 aromatic carbocycles. The van der Waals surface area contributed by atoms with Gasteiger partial charge in [0.1, 0.15) is 17.9 Å². The summed E-state index contributed by atoms with van der Waals surface area (Å²) in [7, 11) is 1.59. The number of benzene rings is 2. The Hall–Kier alpha value is -3.19. The van der Waals surface area contributed by atoms with E-state index in [1.807, 2.05) is 61.5 Å². The highest BCUT2D eigenvalue weighted by Gasteiger charge is 2.48. The number of carbonyl (C=O) groups excluding carboxylic acids is 3. The zero-order valence-corrected chi connectivity index (χ0v) is 20.4. The van der Waals surface area contributed by atoms with Crippen LogP contribution in [0.4, 0.5) is 0 Å². The largest absolute Gasteiger partial charge is 0.497 e. The van der Waals surface area contributed by atoms with Crippen molar-refractivity contribution in [3.63, 3.8) is 0 Å². The third-order valence-corrected chi connectivity index (χ3v) is 6.96. The molecule has 0 radical (unpaired) electrons. The maximum atomic E-state index is 13.5. The first-order valence-corrected chi connectivity index (χ1v) is 12.3. The quantitative estimate of drug-likeness (QED) is 0.518. The molecule has 1 saturated heterocycles. The molecule has 0 spiro atoms. The van der Waals surface area contributed by atoms with Crippen LogP contribution in [0.15, 0.2) is 54.6 Å². The first-order valence-electron chi connectivity index (χ1n) is 12.3. The molecule has 1 aliphatic heterocycles. The lowest BCUT2D eigenvalue weighted by Gasteiger charge is -2.25. The monoisotopic (exact) mass is 478 g/mol. The van der Waals surface area contributed by atoms with Gasteiger partial charge in [-0.2, -0.15) is 0 Å². The smallest absolute Gasteiger partial charge is 0.249 e. The minimum absolute atomic E-state index is 0.0448. The van der Waals surface area contributed by atoms with Gasteiger partial charge in [0.15, 0.2) is 5.78 Å². The lowest BCUT2D eigenvalue weighted by Crippen LogP contribution is -2.55. The van der Waals surface area contributed by atoms with Gasteiger partial charge in [0.25, 0.3) is 0 Å². The molecule has 0 aromatic heterocycles. The second kappa shape index (κ2) is 11.0. The Bertz CT molecular complexity index is 1030. The molecule has 2 aromatic rings. The van der Waals surface area contributed by atoms with Crippen LogP contribution in [-0.2, 0) is 32.0 Å². The zero-order valence-electron chi connectivity index (χ0n) is 20.4. The molecular weight excluding hydrogens is 444 g/mol. The molecule has 1 saturated carbocycles. The third kappa shape index (κ3) is 6.48. The Morgan fingerprint density at radius 1 is 0.971 bits per heavy atom. The summed E-state index contributed by atoms with van der Waals surface area (Å²) in [5, 5.41) is 5.86. The highest BCUT2D eigenvalue weighted by atomic mass is 16.5. The predicted octanol–water partition coefficient (Wildman–Crippen LogP) is 3.00. The molecule has 35 heavy (non-hydrogen) atoms. The number of nitrogens with one attached hydrogen (secondary N) is 2. The fraction of sp³-hybridized carbons (Fsp3) is 0.464. The molecule has 3 unspecified atom stereocenters. The molecule has 7 nitrogen and oxygen atoms in total. The Morgan fingerprint density at radius 3 is 2.23 bits per heavy atom. The van der Waals surface area contributed by atoms with Crippen molar-refractivity contribution in [1.29, 1.82) is 0 Å². The van der Waals surface area contributed by atoms with Crippen molar-refractivity contribution in [2.45, 2.75) is 63.6 Å². The maximum Gasteiger partial charge on any atom is 0.249 e. The summed E-state index contributed by atoms with van der Waals surface area (Å²) in [5.74, 6) is 0.0923. The van der Waals surface area contributed by atoms with Gasteiger partial charge in [-0.3, -0.25) is 14.4 Å². The van der Waals surface area contributed by atoms with Gasteiger partial charge in [0.05, 0.1) is 13.2 Å². The minimum atomic E-state index is -0.835. The zero-order chi connectivity index (χ0) is 24.8. The third-order valence-electron chi connectivity index (χ3n) is 6.96. The van der Waals surface area contributed by atoms with Crippen LogP contribution in [0.1, 0.15) is 43.7 Å². The van der Waals surface area contributed by atoms with Gasteiger partial charge in [0, 0.05) is 18.4 Å². The van der Waals surface area contributed by atoms with E-state index in [1.165, 1.54) is 0 Å². The molecule has 2 fully saturated rings. The average Bonchev–Trinajstić information content (AvgIpc) is 3.39. The molecule has 186 valence electrons. The van der Waals surface area contributed by atoms with E-state index >= 15 is 0 Å². The van der Waals surface area contributed by atoms with E-state index in [1.54, 1.807) is 7.11 Å². The van der Waals surface area contributed by atoms with Crippen molar-refractivity contribution in [1.82, 2.24) is 10.6 Å². The van der Waals surface area contributed by atoms with Gasteiger partial charge >= 0.3 is 0 Å². The molecule has 7 heteroatoms. The van der Waals surface area contributed by atoms with Crippen LogP contribution < -0.4 is 15.4 Å². The van der Waals surface area contributed by atoms with Crippen molar-refractivity contribution in [2.75, 3.05) is 13.7 Å².